The molecule has 17 heavy (non-hydrogen) atoms. The minimum atomic E-state index is -0.657. The van der Waals surface area contributed by atoms with Gasteiger partial charge in [0.1, 0.15) is 6.29 Å². The maximum atomic E-state index is 13.9. The molecule has 0 saturated heterocycles. The van der Waals surface area contributed by atoms with Crippen LogP contribution in [-0.4, -0.2) is 18.8 Å². The summed E-state index contributed by atoms with van der Waals surface area (Å²) in [5, 5.41) is 0. The number of carbonyl (C=O) groups excluding carboxylic acids is 2. The molecular weight excluding hydrogens is 225 g/mol. The van der Waals surface area contributed by atoms with Crippen molar-refractivity contribution in [1.29, 1.82) is 0 Å². The second kappa shape index (κ2) is 4.53. The Morgan fingerprint density at radius 1 is 1.53 bits per heavy atom. The summed E-state index contributed by atoms with van der Waals surface area (Å²) < 4.78 is 18.9. The number of aldehydes is 1. The van der Waals surface area contributed by atoms with Gasteiger partial charge in [-0.3, -0.25) is 4.79 Å². The van der Waals surface area contributed by atoms with E-state index < -0.39 is 11.7 Å². The summed E-state index contributed by atoms with van der Waals surface area (Å²) in [6.45, 7) is -0.354. The first-order valence-corrected chi connectivity index (χ1v) is 5.28. The summed E-state index contributed by atoms with van der Waals surface area (Å²) in [5.74, 6) is -1.30. The van der Waals surface area contributed by atoms with Gasteiger partial charge >= 0.3 is 0 Å². The number of ether oxygens (including phenoxy) is 1. The van der Waals surface area contributed by atoms with Gasteiger partial charge in [-0.25, -0.2) is 4.39 Å². The smallest absolute Gasteiger partial charge is 0.255 e. The molecule has 1 atom stereocenters. The quantitative estimate of drug-likeness (QED) is 0.780. The van der Waals surface area contributed by atoms with Crippen LogP contribution in [-0.2, 0) is 22.4 Å². The Bertz CT molecular complexity index is 473. The summed E-state index contributed by atoms with van der Waals surface area (Å²) >= 11 is 0. The van der Waals surface area contributed by atoms with E-state index in [1.54, 1.807) is 6.07 Å². The van der Waals surface area contributed by atoms with Crippen molar-refractivity contribution in [3.05, 3.63) is 29.1 Å². The van der Waals surface area contributed by atoms with Gasteiger partial charge in [-0.1, -0.05) is 6.07 Å². The van der Waals surface area contributed by atoms with E-state index in [-0.39, 0.29) is 18.3 Å². The Kier molecular flexibility index (Phi) is 3.08. The molecule has 0 fully saturated rings. The Labute approximate surface area is 97.6 Å². The van der Waals surface area contributed by atoms with Crippen molar-refractivity contribution in [3.8, 4) is 5.75 Å². The van der Waals surface area contributed by atoms with Gasteiger partial charge in [-0.15, -0.1) is 0 Å². The maximum absolute atomic E-state index is 13.9. The number of amides is 1. The second-order valence-electron chi connectivity index (χ2n) is 4.07. The molecule has 90 valence electrons. The van der Waals surface area contributed by atoms with Crippen LogP contribution in [0.25, 0.3) is 0 Å². The first-order valence-electron chi connectivity index (χ1n) is 5.28. The molecule has 1 amide bonds. The average Bonchev–Trinajstić information content (AvgIpc) is 2.72. The number of carbonyl (C=O) groups is 2. The molecule has 5 heteroatoms. The molecule has 0 spiro atoms. The topological polar surface area (TPSA) is 69.4 Å². The van der Waals surface area contributed by atoms with E-state index in [1.165, 1.54) is 6.07 Å². The second-order valence-corrected chi connectivity index (χ2v) is 4.07. The van der Waals surface area contributed by atoms with E-state index in [9.17, 15) is 14.0 Å². The van der Waals surface area contributed by atoms with Crippen molar-refractivity contribution in [3.63, 3.8) is 0 Å². The molecule has 1 aliphatic carbocycles. The summed E-state index contributed by atoms with van der Waals surface area (Å²) in [6, 6.07) is 3.18. The van der Waals surface area contributed by atoms with Crippen molar-refractivity contribution < 1.29 is 18.7 Å². The molecule has 0 saturated carbocycles. The highest BCUT2D eigenvalue weighted by atomic mass is 19.1. The van der Waals surface area contributed by atoms with E-state index in [2.05, 4.69) is 0 Å². The van der Waals surface area contributed by atoms with E-state index in [4.69, 9.17) is 10.5 Å². The number of benzene rings is 1. The monoisotopic (exact) mass is 237 g/mol. The molecule has 0 bridgehead atoms. The van der Waals surface area contributed by atoms with Gasteiger partial charge in [0.2, 0.25) is 0 Å². The Balaban J connectivity index is 2.22. The van der Waals surface area contributed by atoms with E-state index in [0.717, 1.165) is 11.8 Å². The maximum Gasteiger partial charge on any atom is 0.255 e. The zero-order chi connectivity index (χ0) is 12.4. The molecule has 1 aliphatic rings. The number of rotatable bonds is 4. The van der Waals surface area contributed by atoms with Crippen LogP contribution in [0.15, 0.2) is 12.1 Å². The molecule has 2 rings (SSSR count). The van der Waals surface area contributed by atoms with Gasteiger partial charge in [0.05, 0.1) is 0 Å². The molecule has 0 aromatic heterocycles. The van der Waals surface area contributed by atoms with Gasteiger partial charge in [-0.2, -0.15) is 0 Å². The Morgan fingerprint density at radius 2 is 2.29 bits per heavy atom. The van der Waals surface area contributed by atoms with Gasteiger partial charge in [0, 0.05) is 5.92 Å². The van der Waals surface area contributed by atoms with Crippen LogP contribution < -0.4 is 10.5 Å². The molecule has 1 unspecified atom stereocenters. The third-order valence-corrected chi connectivity index (χ3v) is 2.82. The zero-order valence-electron chi connectivity index (χ0n) is 9.11. The standard InChI is InChI=1S/C12H12FNO3/c13-12-9-4-7(5-15)3-8(9)1-2-10(12)17-6-11(14)16/h1-2,5,7H,3-4,6H2,(H2,14,16). The molecule has 0 aliphatic heterocycles. The molecule has 1 aromatic rings. The molecular formula is C12H12FNO3. The third kappa shape index (κ3) is 2.27. The van der Waals surface area contributed by atoms with Crippen LogP contribution >= 0.6 is 0 Å². The lowest BCUT2D eigenvalue weighted by Crippen LogP contribution is -2.20. The number of hydrogen-bond acceptors (Lipinski definition) is 3. The summed E-state index contributed by atoms with van der Waals surface area (Å²) in [7, 11) is 0. The lowest BCUT2D eigenvalue weighted by molar-refractivity contribution is -0.120. The van der Waals surface area contributed by atoms with Crippen LogP contribution in [0.3, 0.4) is 0 Å². The van der Waals surface area contributed by atoms with E-state index >= 15 is 0 Å². The molecule has 0 radical (unpaired) electrons. The minimum absolute atomic E-state index is 0.00842. The van der Waals surface area contributed by atoms with E-state index in [1.807, 2.05) is 0 Å². The first-order chi connectivity index (χ1) is 8.11. The van der Waals surface area contributed by atoms with Crippen LogP contribution in [0.2, 0.25) is 0 Å². The largest absolute Gasteiger partial charge is 0.481 e. The number of fused-ring (bicyclic) bond motifs is 1. The fraction of sp³-hybridized carbons (Fsp3) is 0.333. The van der Waals surface area contributed by atoms with Gasteiger partial charge < -0.3 is 15.3 Å². The summed E-state index contributed by atoms with van der Waals surface area (Å²) in [6.07, 6.45) is 1.79. The number of hydrogen-bond donors (Lipinski definition) is 1. The molecule has 4 nitrogen and oxygen atoms in total. The Hall–Kier alpha value is -1.91. The zero-order valence-corrected chi connectivity index (χ0v) is 9.11. The minimum Gasteiger partial charge on any atom is -0.481 e. The fourth-order valence-electron chi connectivity index (χ4n) is 2.03. The summed E-state index contributed by atoms with van der Waals surface area (Å²) in [5.41, 5.74) is 6.24. The van der Waals surface area contributed by atoms with E-state index in [0.29, 0.717) is 18.4 Å². The highest BCUT2D eigenvalue weighted by molar-refractivity contribution is 5.75. The summed E-state index contributed by atoms with van der Waals surface area (Å²) in [4.78, 5) is 21.2. The third-order valence-electron chi connectivity index (χ3n) is 2.82. The SMILES string of the molecule is NC(=O)COc1ccc2c(c1F)CC(C=O)C2. The lowest BCUT2D eigenvalue weighted by atomic mass is 10.1. The normalized spacial score (nSPS) is 17.6. The van der Waals surface area contributed by atoms with Crippen molar-refractivity contribution in [1.82, 2.24) is 0 Å². The lowest BCUT2D eigenvalue weighted by Gasteiger charge is -2.08. The van der Waals surface area contributed by atoms with Gasteiger partial charge in [-0.05, 0) is 30.0 Å². The van der Waals surface area contributed by atoms with Crippen LogP contribution in [0, 0.1) is 11.7 Å². The fourth-order valence-corrected chi connectivity index (χ4v) is 2.03. The number of primary amides is 1. The molecule has 0 heterocycles. The van der Waals surface area contributed by atoms with Gasteiger partial charge in [0.15, 0.2) is 18.2 Å². The molecule has 2 N–H and O–H groups in total. The first kappa shape index (κ1) is 11.6. The van der Waals surface area contributed by atoms with Crippen molar-refractivity contribution in [2.45, 2.75) is 12.8 Å². The highest BCUT2D eigenvalue weighted by Gasteiger charge is 2.25. The van der Waals surface area contributed by atoms with Crippen LogP contribution in [0.1, 0.15) is 11.1 Å². The Morgan fingerprint density at radius 3 is 2.94 bits per heavy atom. The molecule has 1 aromatic carbocycles. The number of nitrogens with two attached hydrogens (primary N) is 1. The van der Waals surface area contributed by atoms with Crippen molar-refractivity contribution in [2.24, 2.45) is 11.7 Å². The highest BCUT2D eigenvalue weighted by Crippen LogP contribution is 2.32. The van der Waals surface area contributed by atoms with Crippen molar-refractivity contribution in [2.75, 3.05) is 6.61 Å². The van der Waals surface area contributed by atoms with Crippen molar-refractivity contribution >= 4 is 12.2 Å². The predicted octanol–water partition coefficient (Wildman–Crippen LogP) is 0.603. The van der Waals surface area contributed by atoms with Gasteiger partial charge in [0.25, 0.3) is 5.91 Å². The van der Waals surface area contributed by atoms with Crippen LogP contribution in [0.5, 0.6) is 5.75 Å². The predicted molar refractivity (Wildman–Crippen MR) is 58.1 cm³/mol. The van der Waals surface area contributed by atoms with Crippen LogP contribution in [0.4, 0.5) is 4.39 Å². The number of halogens is 1. The average molecular weight is 237 g/mol.